The van der Waals surface area contributed by atoms with Crippen LogP contribution in [0.15, 0.2) is 0 Å². The van der Waals surface area contributed by atoms with Gasteiger partial charge in [-0.15, -0.1) is 4.05 Å². The summed E-state index contributed by atoms with van der Waals surface area (Å²) in [5, 5.41) is 0. The van der Waals surface area contributed by atoms with Crippen LogP contribution in [0.25, 0.3) is 0 Å². The van der Waals surface area contributed by atoms with Gasteiger partial charge in [-0.25, -0.2) is 0 Å². The summed E-state index contributed by atoms with van der Waals surface area (Å²) >= 11 is 3.61. The summed E-state index contributed by atoms with van der Waals surface area (Å²) in [6, 6.07) is 0. The van der Waals surface area contributed by atoms with Crippen LogP contribution in [-0.4, -0.2) is 18.2 Å². The highest BCUT2D eigenvalue weighted by Crippen LogP contribution is 1.98. The summed E-state index contributed by atoms with van der Waals surface area (Å²) in [4.78, 5) is 0. The number of rotatable bonds is 1. The minimum Gasteiger partial charge on any atom is -0.344 e. The lowest BCUT2D eigenvalue weighted by atomic mass is 10.6. The van der Waals surface area contributed by atoms with Crippen molar-refractivity contribution in [2.24, 2.45) is 0 Å². The molecule has 0 bridgehead atoms. The predicted octanol–water partition coefficient (Wildman–Crippen LogP) is 1.99. The molecule has 0 aliphatic carbocycles. The molecule has 0 amide bonds. The Bertz CT molecular complexity index is 24.8. The standard InChI is InChI=1S/C3H7.BrH.Mg.H3N/c1-3-2;;;/h3H,1-2H3;1H;;1H3/q;;+1;/p-1. The van der Waals surface area contributed by atoms with E-state index in [1.807, 2.05) is 0 Å². The van der Waals surface area contributed by atoms with Crippen LogP contribution in [-0.2, 0) is 0 Å². The van der Waals surface area contributed by atoms with Crippen LogP contribution in [0.2, 0.25) is 4.05 Å². The fourth-order valence-corrected chi connectivity index (χ4v) is 0. The van der Waals surface area contributed by atoms with Crippen LogP contribution < -0.4 is 6.15 Å². The van der Waals surface area contributed by atoms with Crippen LogP contribution in [0, 0.1) is 0 Å². The molecule has 0 fully saturated rings. The van der Waals surface area contributed by atoms with Crippen molar-refractivity contribution in [1.29, 1.82) is 0 Å². The third-order valence-electron chi connectivity index (χ3n) is 0.309. The highest BCUT2D eigenvalue weighted by Gasteiger charge is 1.91. The third kappa shape index (κ3) is 8.96. The maximum absolute atomic E-state index is 3.45. The summed E-state index contributed by atoms with van der Waals surface area (Å²) in [6.07, 6.45) is 0. The smallest absolute Gasteiger partial charge is 0.344 e. The quantitative estimate of drug-likeness (QED) is 0.591. The molecule has 0 heterocycles. The Hall–Kier alpha value is 1.21. The lowest BCUT2D eigenvalue weighted by Crippen LogP contribution is -1.79. The minimum atomic E-state index is 0. The summed E-state index contributed by atoms with van der Waals surface area (Å²) in [5.74, 6) is 0. The van der Waals surface area contributed by atoms with Gasteiger partial charge in [-0.1, -0.05) is 13.8 Å². The van der Waals surface area contributed by atoms with Crippen molar-refractivity contribution in [3.8, 4) is 0 Å². The molecule has 0 saturated carbocycles. The molecule has 0 aliphatic heterocycles. The molecule has 3 heteroatoms. The monoisotopic (exact) mass is 163 g/mol. The minimum absolute atomic E-state index is 0. The maximum Gasteiger partial charge on any atom is 0.471 e. The number of hydrogen-bond donors (Lipinski definition) is 1. The first kappa shape index (κ1) is 10.2. The predicted molar refractivity (Wildman–Crippen MR) is 34.8 cm³/mol. The van der Waals surface area contributed by atoms with Gasteiger partial charge in [0, 0.05) is 0 Å². The van der Waals surface area contributed by atoms with Crippen LogP contribution in [0.4, 0.5) is 0 Å². The van der Waals surface area contributed by atoms with Gasteiger partial charge in [0.1, 0.15) is 0 Å². The Labute approximate surface area is 55.1 Å². The molecule has 0 rings (SSSR count). The highest BCUT2D eigenvalue weighted by molar-refractivity contribution is 9.23. The second kappa shape index (κ2) is 6.21. The molecule has 0 aromatic heterocycles. The zero-order valence-electron chi connectivity index (χ0n) is 4.37. The van der Waals surface area contributed by atoms with Crippen molar-refractivity contribution in [3.05, 3.63) is 0 Å². The fourth-order valence-electron chi connectivity index (χ4n) is 0. The van der Waals surface area contributed by atoms with Gasteiger partial charge >= 0.3 is 18.2 Å². The van der Waals surface area contributed by atoms with E-state index in [-0.39, 0.29) is 24.3 Å². The molecule has 0 atom stereocenters. The van der Waals surface area contributed by atoms with Crippen LogP contribution in [0.5, 0.6) is 0 Å². The van der Waals surface area contributed by atoms with Crippen molar-refractivity contribution < 1.29 is 0 Å². The molecule has 0 radical (unpaired) electrons. The van der Waals surface area contributed by atoms with E-state index in [4.69, 9.17) is 0 Å². The van der Waals surface area contributed by atoms with Gasteiger partial charge < -0.3 is 19.0 Å². The van der Waals surface area contributed by atoms with E-state index in [1.165, 1.54) is 0 Å². The second-order valence-electron chi connectivity index (χ2n) is 1.55. The summed E-state index contributed by atoms with van der Waals surface area (Å²) in [5.41, 5.74) is 0. The van der Waals surface area contributed by atoms with E-state index in [1.54, 1.807) is 0 Å². The molecule has 0 unspecified atom stereocenters. The van der Waals surface area contributed by atoms with Crippen molar-refractivity contribution in [2.75, 3.05) is 0 Å². The normalized spacial score (nSPS) is 6.67. The van der Waals surface area contributed by atoms with Crippen LogP contribution >= 0.6 is 12.9 Å². The van der Waals surface area contributed by atoms with Crippen LogP contribution in [0.3, 0.4) is 0 Å². The van der Waals surface area contributed by atoms with Gasteiger partial charge in [0.15, 0.2) is 0 Å². The van der Waals surface area contributed by atoms with Gasteiger partial charge in [-0.3, -0.25) is 0 Å². The first-order valence-electron chi connectivity index (χ1n) is 1.83. The largest absolute Gasteiger partial charge is 0.471 e. The molecular weight excluding hydrogens is 154 g/mol. The van der Waals surface area contributed by atoms with Crippen molar-refractivity contribution in [2.45, 2.75) is 17.9 Å². The Kier molecular flexibility index (Phi) is 10.6. The average Bonchev–Trinajstić information content (AvgIpc) is 1.38. The summed E-state index contributed by atoms with van der Waals surface area (Å²) in [6.45, 7) is 4.47. The lowest BCUT2D eigenvalue weighted by molar-refractivity contribution is 1.07. The van der Waals surface area contributed by atoms with E-state index in [0.29, 0.717) is 0 Å². The Morgan fingerprint density at radius 2 is 1.67 bits per heavy atom. The van der Waals surface area contributed by atoms with Gasteiger partial charge in [-0.05, 0) is 0 Å². The molecule has 6 heavy (non-hydrogen) atoms. The SMILES string of the molecule is C[CH](C)[Mg][Br].N. The molecule has 0 aromatic rings. The van der Waals surface area contributed by atoms with Crippen molar-refractivity contribution in [1.82, 2.24) is 6.15 Å². The van der Waals surface area contributed by atoms with E-state index in [2.05, 4.69) is 26.7 Å². The zero-order chi connectivity index (χ0) is 4.28. The average molecular weight is 164 g/mol. The molecule has 0 aromatic carbocycles. The van der Waals surface area contributed by atoms with Gasteiger partial charge in [-0.2, -0.15) is 0 Å². The Morgan fingerprint density at radius 1 is 1.50 bits per heavy atom. The summed E-state index contributed by atoms with van der Waals surface area (Å²) < 4.78 is 0.940. The van der Waals surface area contributed by atoms with E-state index < -0.39 is 0 Å². The van der Waals surface area contributed by atoms with Crippen LogP contribution in [0.1, 0.15) is 13.8 Å². The van der Waals surface area contributed by atoms with Gasteiger partial charge in [0.2, 0.25) is 0 Å². The molecule has 0 saturated heterocycles. The first-order valence-corrected chi connectivity index (χ1v) is 6.55. The molecular formula is C3H10BrMgN. The molecule has 1 nitrogen and oxygen atoms in total. The van der Waals surface area contributed by atoms with E-state index in [0.717, 1.165) is 4.05 Å². The van der Waals surface area contributed by atoms with Crippen molar-refractivity contribution in [3.63, 3.8) is 0 Å². The maximum atomic E-state index is 3.45. The van der Waals surface area contributed by atoms with E-state index in [9.17, 15) is 0 Å². The lowest BCUT2D eigenvalue weighted by Gasteiger charge is -1.85. The molecule has 0 aliphatic rings. The van der Waals surface area contributed by atoms with Gasteiger partial charge in [0.05, 0.1) is 0 Å². The fraction of sp³-hybridized carbons (Fsp3) is 1.00. The van der Waals surface area contributed by atoms with Crippen molar-refractivity contribution >= 4 is 31.1 Å². The first-order chi connectivity index (χ1) is 2.27. The highest BCUT2D eigenvalue weighted by atomic mass is 79.9. The summed E-state index contributed by atoms with van der Waals surface area (Å²) in [7, 11) is 0. The Morgan fingerprint density at radius 3 is 1.67 bits per heavy atom. The number of hydrogen-bond acceptors (Lipinski definition) is 1. The Balaban J connectivity index is 0. The molecule has 0 spiro atoms. The molecule has 36 valence electrons. The topological polar surface area (TPSA) is 35.0 Å². The zero-order valence-corrected chi connectivity index (χ0v) is 7.37. The van der Waals surface area contributed by atoms with E-state index >= 15 is 0 Å². The third-order valence-corrected chi connectivity index (χ3v) is 4.81. The van der Waals surface area contributed by atoms with Gasteiger partial charge in [0.25, 0.3) is 0 Å². The second-order valence-corrected chi connectivity index (χ2v) is 5.43. The number of halogens is 1. The molecule has 3 N–H and O–H groups in total.